The monoisotopic (exact) mass is 201 g/mol. The number of rotatable bonds is 4. The van der Waals surface area contributed by atoms with E-state index in [-0.39, 0.29) is 0 Å². The van der Waals surface area contributed by atoms with Crippen LogP contribution in [0.5, 0.6) is 0 Å². The Kier molecular flexibility index (Phi) is 3.50. The lowest BCUT2D eigenvalue weighted by Gasteiger charge is -2.13. The number of carboxylic acid groups (broad SMARTS) is 1. The average Bonchev–Trinajstić information content (AvgIpc) is 2.15. The van der Waals surface area contributed by atoms with Gasteiger partial charge in [-0.1, -0.05) is 0 Å². The first-order valence-electron chi connectivity index (χ1n) is 4.01. The van der Waals surface area contributed by atoms with Gasteiger partial charge in [-0.15, -0.1) is 0 Å². The molecule has 1 unspecified atom stereocenters. The highest BCUT2D eigenvalue weighted by molar-refractivity contribution is 5.68. The molecule has 0 aliphatic carbocycles. The molecule has 1 atom stereocenters. The summed E-state index contributed by atoms with van der Waals surface area (Å²) in [6.07, 6.45) is -0.505. The molecular weight excluding hydrogens is 192 g/mol. The summed E-state index contributed by atoms with van der Waals surface area (Å²) in [6, 6.07) is 2.81. The van der Waals surface area contributed by atoms with E-state index in [0.29, 0.717) is 5.56 Å². The fourth-order valence-corrected chi connectivity index (χ4v) is 1.15. The number of pyridine rings is 1. The van der Waals surface area contributed by atoms with E-state index in [1.807, 2.05) is 0 Å². The first-order valence-corrected chi connectivity index (χ1v) is 4.01. The molecule has 1 heterocycles. The van der Waals surface area contributed by atoms with Crippen molar-refractivity contribution in [1.29, 1.82) is 0 Å². The number of hydrogen-bond acceptors (Lipinski definition) is 2. The SMILES string of the molecule is O=C(O)CC(c1ccncc1)C(F)F. The molecule has 0 aromatic carbocycles. The Balaban J connectivity index is 2.83. The molecule has 5 heteroatoms. The standard InChI is InChI=1S/C9H9F2NO2/c10-9(11)7(5-8(13)14)6-1-3-12-4-2-6/h1-4,7,9H,5H2,(H,13,14). The number of nitrogens with zero attached hydrogens (tertiary/aromatic N) is 1. The van der Waals surface area contributed by atoms with E-state index in [0.717, 1.165) is 0 Å². The number of aromatic nitrogens is 1. The Hall–Kier alpha value is -1.52. The van der Waals surface area contributed by atoms with Crippen LogP contribution in [0.4, 0.5) is 8.78 Å². The van der Waals surface area contributed by atoms with Gasteiger partial charge in [0.2, 0.25) is 6.43 Å². The van der Waals surface area contributed by atoms with E-state index >= 15 is 0 Å². The fourth-order valence-electron chi connectivity index (χ4n) is 1.15. The lowest BCUT2D eigenvalue weighted by molar-refractivity contribution is -0.138. The summed E-state index contributed by atoms with van der Waals surface area (Å²) < 4.78 is 24.9. The van der Waals surface area contributed by atoms with Crippen LogP contribution in [0.3, 0.4) is 0 Å². The molecule has 0 aliphatic rings. The highest BCUT2D eigenvalue weighted by Crippen LogP contribution is 2.25. The van der Waals surface area contributed by atoms with Crippen LogP contribution in [0.25, 0.3) is 0 Å². The summed E-state index contributed by atoms with van der Waals surface area (Å²) in [5.74, 6) is -2.48. The topological polar surface area (TPSA) is 50.2 Å². The van der Waals surface area contributed by atoms with E-state index in [4.69, 9.17) is 5.11 Å². The zero-order valence-corrected chi connectivity index (χ0v) is 7.23. The van der Waals surface area contributed by atoms with Gasteiger partial charge in [-0.3, -0.25) is 9.78 Å². The van der Waals surface area contributed by atoms with Crippen molar-refractivity contribution in [2.45, 2.75) is 18.8 Å². The van der Waals surface area contributed by atoms with Crippen molar-refractivity contribution in [2.24, 2.45) is 0 Å². The van der Waals surface area contributed by atoms with E-state index in [2.05, 4.69) is 4.98 Å². The van der Waals surface area contributed by atoms with Crippen LogP contribution in [-0.2, 0) is 4.79 Å². The average molecular weight is 201 g/mol. The molecule has 0 amide bonds. The summed E-state index contributed by atoms with van der Waals surface area (Å²) in [7, 11) is 0. The number of alkyl halides is 2. The largest absolute Gasteiger partial charge is 0.481 e. The highest BCUT2D eigenvalue weighted by atomic mass is 19.3. The Bertz CT molecular complexity index is 303. The summed E-state index contributed by atoms with van der Waals surface area (Å²) in [6.45, 7) is 0. The molecule has 1 N–H and O–H groups in total. The second-order valence-electron chi connectivity index (χ2n) is 2.82. The summed E-state index contributed by atoms with van der Waals surface area (Å²) >= 11 is 0. The van der Waals surface area contributed by atoms with Gasteiger partial charge in [0.05, 0.1) is 12.3 Å². The van der Waals surface area contributed by atoms with Gasteiger partial charge in [0, 0.05) is 12.4 Å². The van der Waals surface area contributed by atoms with Crippen molar-refractivity contribution in [3.8, 4) is 0 Å². The van der Waals surface area contributed by atoms with Crippen molar-refractivity contribution in [1.82, 2.24) is 4.98 Å². The quantitative estimate of drug-likeness (QED) is 0.809. The second kappa shape index (κ2) is 4.64. The summed E-state index contributed by atoms with van der Waals surface area (Å²) in [4.78, 5) is 14.0. The van der Waals surface area contributed by atoms with Gasteiger partial charge in [-0.05, 0) is 17.7 Å². The van der Waals surface area contributed by atoms with Crippen LogP contribution < -0.4 is 0 Å². The van der Waals surface area contributed by atoms with Gasteiger partial charge in [-0.2, -0.15) is 0 Å². The molecule has 0 spiro atoms. The van der Waals surface area contributed by atoms with Crippen LogP contribution in [0.15, 0.2) is 24.5 Å². The highest BCUT2D eigenvalue weighted by Gasteiger charge is 2.24. The summed E-state index contributed by atoms with van der Waals surface area (Å²) in [5.41, 5.74) is 0.303. The molecule has 76 valence electrons. The lowest BCUT2D eigenvalue weighted by Crippen LogP contribution is -2.14. The number of carbonyl (C=O) groups is 1. The van der Waals surface area contributed by atoms with Crippen molar-refractivity contribution >= 4 is 5.97 Å². The maximum atomic E-state index is 12.5. The molecule has 0 saturated carbocycles. The third-order valence-corrected chi connectivity index (χ3v) is 1.83. The first-order chi connectivity index (χ1) is 6.61. The zero-order chi connectivity index (χ0) is 10.6. The maximum absolute atomic E-state index is 12.5. The molecular formula is C9H9F2NO2. The Morgan fingerprint density at radius 2 is 2.00 bits per heavy atom. The van der Waals surface area contributed by atoms with Gasteiger partial charge in [0.15, 0.2) is 0 Å². The minimum atomic E-state index is -2.67. The third-order valence-electron chi connectivity index (χ3n) is 1.83. The molecule has 1 aromatic rings. The molecule has 0 aliphatic heterocycles. The molecule has 1 aromatic heterocycles. The van der Waals surface area contributed by atoms with E-state index in [9.17, 15) is 13.6 Å². The van der Waals surface area contributed by atoms with Gasteiger partial charge in [0.25, 0.3) is 0 Å². The van der Waals surface area contributed by atoms with Gasteiger partial charge < -0.3 is 5.11 Å². The van der Waals surface area contributed by atoms with Gasteiger partial charge in [0.1, 0.15) is 0 Å². The van der Waals surface area contributed by atoms with E-state index in [1.54, 1.807) is 0 Å². The fraction of sp³-hybridized carbons (Fsp3) is 0.333. The smallest absolute Gasteiger partial charge is 0.304 e. The minimum absolute atomic E-state index is 0.303. The Morgan fingerprint density at radius 1 is 1.43 bits per heavy atom. The van der Waals surface area contributed by atoms with Crippen molar-refractivity contribution in [3.63, 3.8) is 0 Å². The molecule has 14 heavy (non-hydrogen) atoms. The predicted octanol–water partition coefficient (Wildman–Crippen LogP) is 1.91. The third kappa shape index (κ3) is 2.76. The molecule has 0 bridgehead atoms. The Labute approximate surface area is 79.4 Å². The van der Waals surface area contributed by atoms with Crippen LogP contribution in [-0.4, -0.2) is 22.5 Å². The van der Waals surface area contributed by atoms with Gasteiger partial charge >= 0.3 is 5.97 Å². The Morgan fingerprint density at radius 3 is 2.43 bits per heavy atom. The van der Waals surface area contributed by atoms with Crippen molar-refractivity contribution in [2.75, 3.05) is 0 Å². The number of aliphatic carboxylic acids is 1. The van der Waals surface area contributed by atoms with E-state index in [1.165, 1.54) is 24.5 Å². The van der Waals surface area contributed by atoms with Crippen LogP contribution in [0.1, 0.15) is 17.9 Å². The molecule has 1 rings (SSSR count). The molecule has 0 radical (unpaired) electrons. The maximum Gasteiger partial charge on any atom is 0.304 e. The number of hydrogen-bond donors (Lipinski definition) is 1. The second-order valence-corrected chi connectivity index (χ2v) is 2.82. The van der Waals surface area contributed by atoms with Crippen LogP contribution >= 0.6 is 0 Å². The van der Waals surface area contributed by atoms with E-state index < -0.39 is 24.7 Å². The van der Waals surface area contributed by atoms with Crippen molar-refractivity contribution in [3.05, 3.63) is 30.1 Å². The normalized spacial score (nSPS) is 12.8. The zero-order valence-electron chi connectivity index (χ0n) is 7.23. The van der Waals surface area contributed by atoms with Crippen molar-refractivity contribution < 1.29 is 18.7 Å². The first kappa shape index (κ1) is 10.6. The molecule has 0 saturated heterocycles. The minimum Gasteiger partial charge on any atom is -0.481 e. The summed E-state index contributed by atoms with van der Waals surface area (Å²) in [5, 5.41) is 8.45. The van der Waals surface area contributed by atoms with Gasteiger partial charge in [-0.25, -0.2) is 8.78 Å². The predicted molar refractivity (Wildman–Crippen MR) is 45.2 cm³/mol. The van der Waals surface area contributed by atoms with Crippen LogP contribution in [0.2, 0.25) is 0 Å². The molecule has 3 nitrogen and oxygen atoms in total. The van der Waals surface area contributed by atoms with Crippen LogP contribution in [0, 0.1) is 0 Å². The lowest BCUT2D eigenvalue weighted by atomic mass is 9.97. The molecule has 0 fully saturated rings. The number of carboxylic acids is 1. The number of halogens is 2.